The highest BCUT2D eigenvalue weighted by Crippen LogP contribution is 2.76. The van der Waals surface area contributed by atoms with Crippen LogP contribution in [-0.2, 0) is 71.1 Å². The highest BCUT2D eigenvalue weighted by atomic mass is 16.8. The molecule has 104 heavy (non-hydrogen) atoms. The normalized spacial score (nSPS) is 54.7. The molecule has 0 spiro atoms. The molecule has 12 rings (SSSR count). The maximum atomic E-state index is 15.4. The molecular weight excluding hydrogens is 1380 g/mol. The predicted molar refractivity (Wildman–Crippen MR) is 346 cm³/mol. The van der Waals surface area contributed by atoms with E-state index >= 15 is 4.79 Å². The fourth-order valence-corrected chi connectivity index (χ4v) is 20.2. The average Bonchev–Trinajstić information content (AvgIpc) is 0.675. The molecule has 34 nitrogen and oxygen atoms in total. The van der Waals surface area contributed by atoms with Crippen LogP contribution in [-0.4, -0.2) is 345 Å². The summed E-state index contributed by atoms with van der Waals surface area (Å²) < 4.78 is 83.2. The quantitative estimate of drug-likeness (QED) is 0.0368. The summed E-state index contributed by atoms with van der Waals surface area (Å²) in [6.07, 6.45) is -45.9. The van der Waals surface area contributed by atoms with Crippen LogP contribution >= 0.6 is 0 Å². The van der Waals surface area contributed by atoms with Crippen molar-refractivity contribution in [2.45, 2.75) is 335 Å². The summed E-state index contributed by atoms with van der Waals surface area (Å²) in [5, 5.41) is 207. The molecule has 11 fully saturated rings. The molecule has 0 aromatic rings. The fourth-order valence-electron chi connectivity index (χ4n) is 20.2. The smallest absolute Gasteiger partial charge is 0.315 e. The van der Waals surface area contributed by atoms with Gasteiger partial charge in [0, 0.05) is 0 Å². The lowest BCUT2D eigenvalue weighted by atomic mass is 9.33. The zero-order valence-electron chi connectivity index (χ0n) is 60.2. The van der Waals surface area contributed by atoms with Crippen LogP contribution in [0.2, 0.25) is 0 Å². The average molecular weight is 1500 g/mol. The molecule has 7 aliphatic heterocycles. The predicted octanol–water partition coefficient (Wildman–Crippen LogP) is -5.23. The Kier molecular flexibility index (Phi) is 24.1. The van der Waals surface area contributed by atoms with E-state index in [-0.39, 0.29) is 40.6 Å². The largest absolute Gasteiger partial charge is 0.432 e. The summed E-state index contributed by atoms with van der Waals surface area (Å²) >= 11 is 0. The number of allylic oxidation sites excluding steroid dienone is 2. The van der Waals surface area contributed by atoms with Gasteiger partial charge in [-0.3, -0.25) is 4.79 Å². The summed E-state index contributed by atoms with van der Waals surface area (Å²) in [6.45, 7) is 15.6. The highest BCUT2D eigenvalue weighted by molar-refractivity contribution is 5.79. The molecule has 0 aromatic heterocycles. The van der Waals surface area contributed by atoms with Gasteiger partial charge in [-0.15, -0.1) is 0 Å². The maximum absolute atomic E-state index is 15.4. The van der Waals surface area contributed by atoms with E-state index in [9.17, 15) is 97.0 Å². The first-order valence-electron chi connectivity index (χ1n) is 36.9. The van der Waals surface area contributed by atoms with Gasteiger partial charge in [-0.1, -0.05) is 60.1 Å². The molecule has 7 heterocycles. The van der Waals surface area contributed by atoms with Crippen LogP contribution in [0.4, 0.5) is 0 Å². The Balaban J connectivity index is 0.696. The van der Waals surface area contributed by atoms with Crippen LogP contribution in [0.25, 0.3) is 0 Å². The lowest BCUT2D eigenvalue weighted by molar-refractivity contribution is -0.382. The summed E-state index contributed by atoms with van der Waals surface area (Å²) in [5.74, 6) is -0.720. The van der Waals surface area contributed by atoms with Crippen LogP contribution in [0.15, 0.2) is 11.6 Å². The Morgan fingerprint density at radius 3 is 1.68 bits per heavy atom. The molecule has 19 N–H and O–H groups in total. The van der Waals surface area contributed by atoms with Crippen molar-refractivity contribution in [3.05, 3.63) is 11.6 Å². The van der Waals surface area contributed by atoms with Gasteiger partial charge in [-0.25, -0.2) is 0 Å². The van der Waals surface area contributed by atoms with Gasteiger partial charge in [0.05, 0.1) is 56.8 Å². The van der Waals surface area contributed by atoms with Crippen molar-refractivity contribution in [3.8, 4) is 0 Å². The second-order valence-electron chi connectivity index (χ2n) is 33.8. The van der Waals surface area contributed by atoms with Gasteiger partial charge in [0.2, 0.25) is 6.29 Å². The topological polar surface area (TPSA) is 531 Å². The number of carbonyl (C=O) groups is 1. The van der Waals surface area contributed by atoms with Gasteiger partial charge in [0.1, 0.15) is 146 Å². The lowest BCUT2D eigenvalue weighted by Gasteiger charge is -2.71. The summed E-state index contributed by atoms with van der Waals surface area (Å²) in [5.41, 5.74) is -1.63. The van der Waals surface area contributed by atoms with Gasteiger partial charge in [-0.05, 0) is 123 Å². The maximum Gasteiger partial charge on any atom is 0.315 e. The molecular formula is C70H114O34. The van der Waals surface area contributed by atoms with E-state index in [0.29, 0.717) is 44.9 Å². The van der Waals surface area contributed by atoms with E-state index in [1.807, 2.05) is 0 Å². The first-order chi connectivity index (χ1) is 48.8. The van der Waals surface area contributed by atoms with E-state index < -0.39 is 257 Å². The van der Waals surface area contributed by atoms with Crippen molar-refractivity contribution < 1.29 is 168 Å². The van der Waals surface area contributed by atoms with E-state index in [2.05, 4.69) is 54.5 Å². The number of ether oxygens (including phenoxy) is 14. The number of aliphatic hydroxyl groups excluding tert-OH is 19. The number of carbonyl (C=O) groups excluding carboxylic acids is 1. The van der Waals surface area contributed by atoms with Crippen LogP contribution in [0, 0.1) is 50.2 Å². The molecule has 34 heteroatoms. The third-order valence-corrected chi connectivity index (χ3v) is 26.9. The summed E-state index contributed by atoms with van der Waals surface area (Å²) in [4.78, 5) is 15.4. The molecule has 0 bridgehead atoms. The van der Waals surface area contributed by atoms with Crippen LogP contribution < -0.4 is 0 Å². The zero-order valence-corrected chi connectivity index (χ0v) is 60.2. The Hall–Kier alpha value is -2.07. The van der Waals surface area contributed by atoms with E-state index in [0.717, 1.165) is 19.3 Å². The van der Waals surface area contributed by atoms with E-state index in [1.54, 1.807) is 0 Å². The monoisotopic (exact) mass is 1500 g/mol. The molecule has 12 aliphatic rings. The van der Waals surface area contributed by atoms with Crippen LogP contribution in [0.1, 0.15) is 127 Å². The third kappa shape index (κ3) is 14.3. The standard InChI is InChI=1S/C70H114O34/c1-26-38(74)44(80)49(85)59(94-26)101-54-32(22-72)97-57(52(88)47(54)83)92-24-33-42(78)46(82)51(87)61(99-33)104-64(90)70-18-16-65(3,4)20-29(70)28-10-11-36-67(7)14-13-37(66(5,6)35(67)12-15-69(36,9)68(28,8)17-19-70)100-63-56(40(76)30(73)23-91-63)103-62-53(89)55(39(75)27(2)95-62)102-58-48(84)43(79)34(25-93-58)98-60-50(86)45(81)41(77)31(21-71)96-60/h10,26-27,29-63,71-89H,11-25H2,1-9H3/t26-,27-,29-,30-,31+,32+,33+,34-,35-,36+,37-,38-,39-,40-,41+,42+,43-,44+,45-,46-,47+,48+,49+,50+,51+,52+,53+,54+,55+,56+,57+,58-,59-,60-,61-,62-,63-,67-,68+,69+,70-/m0/s1. The Morgan fingerprint density at radius 2 is 1.01 bits per heavy atom. The van der Waals surface area contributed by atoms with Crippen molar-refractivity contribution >= 4 is 5.97 Å². The first-order valence-corrected chi connectivity index (χ1v) is 36.9. The number of aliphatic hydroxyl groups is 19. The molecule has 598 valence electrons. The van der Waals surface area contributed by atoms with Crippen molar-refractivity contribution in [1.82, 2.24) is 0 Å². The van der Waals surface area contributed by atoms with E-state index in [1.165, 1.54) is 19.4 Å². The summed E-state index contributed by atoms with van der Waals surface area (Å²) in [6, 6.07) is 0. The Labute approximate surface area is 602 Å². The van der Waals surface area contributed by atoms with Crippen molar-refractivity contribution in [2.75, 3.05) is 33.0 Å². The van der Waals surface area contributed by atoms with Crippen molar-refractivity contribution in [2.24, 2.45) is 50.2 Å². The highest BCUT2D eigenvalue weighted by Gasteiger charge is 2.71. The van der Waals surface area contributed by atoms with Gasteiger partial charge in [0.15, 0.2) is 37.7 Å². The van der Waals surface area contributed by atoms with Crippen LogP contribution in [0.3, 0.4) is 0 Å². The minimum atomic E-state index is -1.92. The summed E-state index contributed by atoms with van der Waals surface area (Å²) in [7, 11) is 0. The van der Waals surface area contributed by atoms with Crippen molar-refractivity contribution in [3.63, 3.8) is 0 Å². The second kappa shape index (κ2) is 30.8. The molecule has 4 saturated carbocycles. The van der Waals surface area contributed by atoms with Crippen LogP contribution in [0.5, 0.6) is 0 Å². The molecule has 0 aromatic carbocycles. The molecule has 0 radical (unpaired) electrons. The molecule has 0 unspecified atom stereocenters. The second-order valence-corrected chi connectivity index (χ2v) is 33.8. The third-order valence-electron chi connectivity index (χ3n) is 26.9. The van der Waals surface area contributed by atoms with Gasteiger partial charge < -0.3 is 163 Å². The molecule has 7 saturated heterocycles. The van der Waals surface area contributed by atoms with Gasteiger partial charge in [0.25, 0.3) is 0 Å². The van der Waals surface area contributed by atoms with Gasteiger partial charge >= 0.3 is 5.97 Å². The number of esters is 1. The minimum Gasteiger partial charge on any atom is -0.432 e. The zero-order chi connectivity index (χ0) is 75.7. The number of hydrogen-bond acceptors (Lipinski definition) is 34. The first kappa shape index (κ1) is 81.4. The number of hydrogen-bond donors (Lipinski definition) is 19. The number of rotatable bonds is 17. The Bertz CT molecular complexity index is 2950. The molecule has 41 atom stereocenters. The lowest BCUT2D eigenvalue weighted by Crippen LogP contribution is -2.66. The number of fused-ring (bicyclic) bond motifs is 7. The minimum absolute atomic E-state index is 0.0702. The molecule has 0 amide bonds. The Morgan fingerprint density at radius 1 is 0.462 bits per heavy atom. The van der Waals surface area contributed by atoms with Crippen molar-refractivity contribution in [1.29, 1.82) is 0 Å². The van der Waals surface area contributed by atoms with E-state index in [4.69, 9.17) is 66.3 Å². The molecule has 5 aliphatic carbocycles. The SMILES string of the molecule is C[C@@H]1O[C@@H](O[C@H]2[C@H](O)[C@@H](O)[C@H](OC[C@H]3O[C@@H](OC(=O)[C@]45CCC(C)(C)C[C@H]4C4=CC[C@@H]6[C@@]7(C)CC[C@H](O[C@@H]8OC[C@H](O)[C@H](O)[C@H]8O[C@@H]8O[C@@H](C)[C@H](O)[C@@H](O[C@@H]9OC[C@H](O[C@@H]%10O[C@H](CO)[C@@H](O)[C@H](O)[C@H]%10O)[C@H](O)[C@H]9O)[C@H]8O)C(C)(C)[C@@H]7CC[C@@]6(C)[C@]4(C)CC5)[C@H](O)[C@@H](O)[C@@H]3O)O[C@@H]2CO)[C@H](O)[C@H](O)[C@H]1O. The van der Waals surface area contributed by atoms with Gasteiger partial charge in [-0.2, -0.15) is 0 Å². The fraction of sp³-hybridized carbons (Fsp3) is 0.957.